The van der Waals surface area contributed by atoms with E-state index < -0.39 is 0 Å². The third-order valence-electron chi connectivity index (χ3n) is 2.76. The molecule has 1 aromatic rings. The molecule has 1 rings (SSSR count). The topological polar surface area (TPSA) is 58.5 Å². The summed E-state index contributed by atoms with van der Waals surface area (Å²) in [6.07, 6.45) is 2.82. The van der Waals surface area contributed by atoms with E-state index in [0.29, 0.717) is 6.54 Å². The molecule has 0 amide bonds. The average Bonchev–Trinajstić information content (AvgIpc) is 2.79. The Morgan fingerprint density at radius 1 is 1.47 bits per heavy atom. The van der Waals surface area contributed by atoms with Crippen molar-refractivity contribution in [3.8, 4) is 0 Å². The predicted octanol–water partition coefficient (Wildman–Crippen LogP) is 1.58. The van der Waals surface area contributed by atoms with Gasteiger partial charge in [0, 0.05) is 44.7 Å². The summed E-state index contributed by atoms with van der Waals surface area (Å²) in [7, 11) is 3.48. The minimum atomic E-state index is -0.204. The number of ether oxygens (including phenoxy) is 1. The van der Waals surface area contributed by atoms with Crippen molar-refractivity contribution in [2.75, 3.05) is 27.2 Å². The summed E-state index contributed by atoms with van der Waals surface area (Å²) in [4.78, 5) is 9.77. The normalized spacial score (nSPS) is 12.6. The molecule has 0 spiro atoms. The van der Waals surface area contributed by atoms with Crippen molar-refractivity contribution in [1.29, 1.82) is 0 Å². The number of thiazole rings is 1. The smallest absolute Gasteiger partial charge is 0.191 e. The number of aliphatic imine (C=N–C) groups is 1. The molecule has 1 heterocycles. The van der Waals surface area contributed by atoms with Crippen LogP contribution in [0, 0.1) is 6.92 Å². The second-order valence-electron chi connectivity index (χ2n) is 4.93. The quantitative estimate of drug-likeness (QED) is 0.615. The zero-order valence-corrected chi connectivity index (χ0v) is 13.2. The van der Waals surface area contributed by atoms with Crippen molar-refractivity contribution >= 4 is 17.3 Å². The summed E-state index contributed by atoms with van der Waals surface area (Å²) < 4.78 is 5.36. The van der Waals surface area contributed by atoms with Crippen molar-refractivity contribution in [1.82, 2.24) is 15.6 Å². The van der Waals surface area contributed by atoms with Crippen LogP contribution in [-0.2, 0) is 11.2 Å². The highest BCUT2D eigenvalue weighted by Gasteiger charge is 2.16. The lowest BCUT2D eigenvalue weighted by molar-refractivity contribution is 0.0268. The van der Waals surface area contributed by atoms with Crippen LogP contribution in [0.1, 0.15) is 23.7 Å². The van der Waals surface area contributed by atoms with E-state index in [4.69, 9.17) is 4.74 Å². The van der Waals surface area contributed by atoms with Gasteiger partial charge in [-0.2, -0.15) is 0 Å². The molecule has 19 heavy (non-hydrogen) atoms. The Labute approximate surface area is 119 Å². The van der Waals surface area contributed by atoms with Gasteiger partial charge in [-0.3, -0.25) is 4.99 Å². The molecular weight excluding hydrogens is 260 g/mol. The van der Waals surface area contributed by atoms with Crippen LogP contribution >= 0.6 is 11.3 Å². The molecule has 6 heteroatoms. The molecule has 0 radical (unpaired) electrons. The zero-order chi connectivity index (χ0) is 14.3. The summed E-state index contributed by atoms with van der Waals surface area (Å²) in [6.45, 7) is 7.67. The van der Waals surface area contributed by atoms with Crippen molar-refractivity contribution in [3.63, 3.8) is 0 Å². The van der Waals surface area contributed by atoms with Gasteiger partial charge in [-0.25, -0.2) is 4.98 Å². The third-order valence-corrected chi connectivity index (χ3v) is 3.73. The van der Waals surface area contributed by atoms with Crippen molar-refractivity contribution in [2.24, 2.45) is 4.99 Å². The minimum Gasteiger partial charge on any atom is -0.377 e. The molecule has 0 aromatic carbocycles. The number of aryl methyl sites for hydroxylation is 1. The average molecular weight is 284 g/mol. The molecule has 0 bridgehead atoms. The monoisotopic (exact) mass is 284 g/mol. The molecule has 2 N–H and O–H groups in total. The van der Waals surface area contributed by atoms with Gasteiger partial charge >= 0.3 is 0 Å². The summed E-state index contributed by atoms with van der Waals surface area (Å²) >= 11 is 1.74. The number of aromatic nitrogens is 1. The second-order valence-corrected chi connectivity index (χ2v) is 6.25. The first-order valence-electron chi connectivity index (χ1n) is 6.38. The van der Waals surface area contributed by atoms with Crippen molar-refractivity contribution in [2.45, 2.75) is 32.8 Å². The van der Waals surface area contributed by atoms with Gasteiger partial charge in [-0.15, -0.1) is 11.3 Å². The number of guanidine groups is 1. The first kappa shape index (κ1) is 15.9. The van der Waals surface area contributed by atoms with Gasteiger partial charge in [-0.1, -0.05) is 0 Å². The van der Waals surface area contributed by atoms with E-state index >= 15 is 0 Å². The number of nitrogens with one attached hydrogen (secondary N) is 2. The van der Waals surface area contributed by atoms with Gasteiger partial charge in [0.15, 0.2) is 5.96 Å². The summed E-state index contributed by atoms with van der Waals surface area (Å²) in [5.41, 5.74) is -0.204. The van der Waals surface area contributed by atoms with Gasteiger partial charge in [-0.05, 0) is 20.8 Å². The van der Waals surface area contributed by atoms with Crippen molar-refractivity contribution < 1.29 is 4.74 Å². The highest BCUT2D eigenvalue weighted by Crippen LogP contribution is 2.10. The van der Waals surface area contributed by atoms with E-state index in [0.717, 1.165) is 23.9 Å². The highest BCUT2D eigenvalue weighted by atomic mass is 32.1. The van der Waals surface area contributed by atoms with Crippen LogP contribution in [0.3, 0.4) is 0 Å². The van der Waals surface area contributed by atoms with E-state index in [1.807, 2.05) is 20.0 Å². The Balaban J connectivity index is 2.30. The number of nitrogens with zero attached hydrogens (tertiary/aromatic N) is 2. The largest absolute Gasteiger partial charge is 0.377 e. The van der Waals surface area contributed by atoms with Crippen LogP contribution in [-0.4, -0.2) is 43.8 Å². The summed E-state index contributed by atoms with van der Waals surface area (Å²) in [6, 6.07) is 0. The lowest BCUT2D eigenvalue weighted by Crippen LogP contribution is -2.45. The third kappa shape index (κ3) is 6.02. The Hall–Kier alpha value is -1.14. The molecule has 0 aliphatic rings. The maximum Gasteiger partial charge on any atom is 0.191 e. The van der Waals surface area contributed by atoms with Gasteiger partial charge < -0.3 is 15.4 Å². The molecule has 108 valence electrons. The summed E-state index contributed by atoms with van der Waals surface area (Å²) in [5.74, 6) is 0.790. The minimum absolute atomic E-state index is 0.204. The van der Waals surface area contributed by atoms with E-state index in [1.54, 1.807) is 25.5 Å². The molecule has 0 aliphatic carbocycles. The maximum atomic E-state index is 5.36. The molecule has 5 nitrogen and oxygen atoms in total. The fourth-order valence-corrected chi connectivity index (χ4v) is 2.18. The second kappa shape index (κ2) is 7.45. The van der Waals surface area contributed by atoms with Crippen molar-refractivity contribution in [3.05, 3.63) is 16.1 Å². The van der Waals surface area contributed by atoms with E-state index in [2.05, 4.69) is 27.5 Å². The zero-order valence-electron chi connectivity index (χ0n) is 12.4. The van der Waals surface area contributed by atoms with E-state index in [9.17, 15) is 0 Å². The van der Waals surface area contributed by atoms with Gasteiger partial charge in [0.1, 0.15) is 0 Å². The first-order chi connectivity index (χ1) is 8.96. The predicted molar refractivity (Wildman–Crippen MR) is 81.0 cm³/mol. The molecule has 0 unspecified atom stereocenters. The van der Waals surface area contributed by atoms with Gasteiger partial charge in [0.2, 0.25) is 0 Å². The standard InChI is InChI=1S/C13H24N4OS/c1-10-8-16-11(19-10)6-7-15-12(14-4)17-9-13(2,3)18-5/h8H,6-7,9H2,1-5H3,(H2,14,15,17). The number of hydrogen-bond donors (Lipinski definition) is 2. The maximum absolute atomic E-state index is 5.36. The summed E-state index contributed by atoms with van der Waals surface area (Å²) in [5, 5.41) is 7.67. The SMILES string of the molecule is CN=C(NCCc1ncc(C)s1)NCC(C)(C)OC. The molecule has 1 aromatic heterocycles. The lowest BCUT2D eigenvalue weighted by Gasteiger charge is -2.24. The Morgan fingerprint density at radius 2 is 2.21 bits per heavy atom. The Bertz CT molecular complexity index is 415. The number of methoxy groups -OCH3 is 1. The fraction of sp³-hybridized carbons (Fsp3) is 0.692. The van der Waals surface area contributed by atoms with E-state index in [1.165, 1.54) is 4.88 Å². The lowest BCUT2D eigenvalue weighted by atomic mass is 10.1. The molecule has 0 aliphatic heterocycles. The molecular formula is C13H24N4OS. The molecule has 0 saturated heterocycles. The van der Waals surface area contributed by atoms with Crippen LogP contribution in [0.25, 0.3) is 0 Å². The number of hydrogen-bond acceptors (Lipinski definition) is 4. The van der Waals surface area contributed by atoms with E-state index in [-0.39, 0.29) is 5.60 Å². The Kier molecular flexibility index (Phi) is 6.24. The highest BCUT2D eigenvalue weighted by molar-refractivity contribution is 7.11. The van der Waals surface area contributed by atoms with Crippen LogP contribution in [0.5, 0.6) is 0 Å². The molecule has 0 atom stereocenters. The molecule has 0 fully saturated rings. The fourth-order valence-electron chi connectivity index (χ4n) is 1.39. The Morgan fingerprint density at radius 3 is 2.74 bits per heavy atom. The van der Waals surface area contributed by atoms with Gasteiger partial charge in [0.05, 0.1) is 10.6 Å². The van der Waals surface area contributed by atoms with Crippen LogP contribution in [0.15, 0.2) is 11.2 Å². The van der Waals surface area contributed by atoms with Gasteiger partial charge in [0.25, 0.3) is 0 Å². The van der Waals surface area contributed by atoms with Crippen LogP contribution in [0.4, 0.5) is 0 Å². The first-order valence-corrected chi connectivity index (χ1v) is 7.19. The van der Waals surface area contributed by atoms with Crippen LogP contribution in [0.2, 0.25) is 0 Å². The molecule has 0 saturated carbocycles. The number of rotatable bonds is 6. The van der Waals surface area contributed by atoms with Crippen LogP contribution < -0.4 is 10.6 Å².